The summed E-state index contributed by atoms with van der Waals surface area (Å²) in [6, 6.07) is 3.82. The molecular weight excluding hydrogens is 268 g/mol. The lowest BCUT2D eigenvalue weighted by Crippen LogP contribution is -2.53. The van der Waals surface area contributed by atoms with Crippen LogP contribution in [0.15, 0.2) is 18.3 Å². The van der Waals surface area contributed by atoms with E-state index in [9.17, 15) is 9.59 Å². The van der Waals surface area contributed by atoms with E-state index < -0.39 is 5.91 Å². The van der Waals surface area contributed by atoms with Gasteiger partial charge in [0.2, 0.25) is 0 Å². The average molecular weight is 290 g/mol. The molecule has 114 valence electrons. The van der Waals surface area contributed by atoms with E-state index in [0.29, 0.717) is 26.2 Å². The number of anilines is 1. The highest BCUT2D eigenvalue weighted by Crippen LogP contribution is 2.12. The van der Waals surface area contributed by atoms with Crippen LogP contribution in [0.25, 0.3) is 0 Å². The van der Waals surface area contributed by atoms with Crippen molar-refractivity contribution in [3.8, 4) is 0 Å². The van der Waals surface area contributed by atoms with Crippen LogP contribution < -0.4 is 5.32 Å². The van der Waals surface area contributed by atoms with Gasteiger partial charge in [0, 0.05) is 38.9 Å². The van der Waals surface area contributed by atoms with Gasteiger partial charge in [0.05, 0.1) is 0 Å². The van der Waals surface area contributed by atoms with Crippen molar-refractivity contribution in [2.24, 2.45) is 0 Å². The molecule has 21 heavy (non-hydrogen) atoms. The predicted octanol–water partition coefficient (Wildman–Crippen LogP) is 1.09. The molecule has 0 unspecified atom stereocenters. The summed E-state index contributed by atoms with van der Waals surface area (Å²) < 4.78 is 0. The average Bonchev–Trinajstić information content (AvgIpc) is 2.49. The van der Waals surface area contributed by atoms with Crippen LogP contribution in [0.3, 0.4) is 0 Å². The number of hydrogen-bond acceptors (Lipinski definition) is 4. The third-order valence-electron chi connectivity index (χ3n) is 3.45. The molecule has 1 aromatic heterocycles. The van der Waals surface area contributed by atoms with Crippen LogP contribution in [-0.4, -0.2) is 52.8 Å². The smallest absolute Gasteiger partial charge is 0.312 e. The molecule has 6 heteroatoms. The normalized spacial score (nSPS) is 15.5. The SMILES string of the molecule is CCCN1CCN(Cc2ccc(NCC)nc2)C(=O)C1=O. The molecule has 2 heterocycles. The first-order chi connectivity index (χ1) is 10.2. The Balaban J connectivity index is 1.97. The lowest BCUT2D eigenvalue weighted by atomic mass is 10.2. The van der Waals surface area contributed by atoms with Gasteiger partial charge in [-0.05, 0) is 25.0 Å². The minimum Gasteiger partial charge on any atom is -0.370 e. The van der Waals surface area contributed by atoms with Crippen molar-refractivity contribution in [2.75, 3.05) is 31.5 Å². The minimum absolute atomic E-state index is 0.389. The molecule has 1 aliphatic rings. The Kier molecular flexibility index (Phi) is 5.14. The van der Waals surface area contributed by atoms with Crippen molar-refractivity contribution in [1.29, 1.82) is 0 Å². The standard InChI is InChI=1S/C15H22N4O2/c1-3-7-18-8-9-19(15(21)14(18)20)11-12-5-6-13(16-4-2)17-10-12/h5-6,10H,3-4,7-9,11H2,1-2H3,(H,16,17). The number of pyridine rings is 1. The van der Waals surface area contributed by atoms with Gasteiger partial charge in [-0.2, -0.15) is 0 Å². The molecule has 1 fully saturated rings. The zero-order valence-electron chi connectivity index (χ0n) is 12.6. The van der Waals surface area contributed by atoms with E-state index in [1.165, 1.54) is 0 Å². The fourth-order valence-electron chi connectivity index (χ4n) is 2.37. The molecule has 2 rings (SSSR count). The molecule has 1 aromatic rings. The molecule has 1 aliphatic heterocycles. The Morgan fingerprint density at radius 3 is 2.48 bits per heavy atom. The Morgan fingerprint density at radius 2 is 1.86 bits per heavy atom. The second-order valence-electron chi connectivity index (χ2n) is 5.10. The third kappa shape index (κ3) is 3.71. The maximum atomic E-state index is 12.1. The van der Waals surface area contributed by atoms with Gasteiger partial charge < -0.3 is 15.1 Å². The van der Waals surface area contributed by atoms with Crippen LogP contribution in [0.4, 0.5) is 5.82 Å². The van der Waals surface area contributed by atoms with Crippen LogP contribution >= 0.6 is 0 Å². The Hall–Kier alpha value is -2.11. The van der Waals surface area contributed by atoms with E-state index in [4.69, 9.17) is 0 Å². The molecule has 0 radical (unpaired) electrons. The van der Waals surface area contributed by atoms with E-state index in [1.54, 1.807) is 16.0 Å². The first-order valence-electron chi connectivity index (χ1n) is 7.42. The maximum Gasteiger partial charge on any atom is 0.312 e. The molecule has 0 aromatic carbocycles. The first kappa shape index (κ1) is 15.3. The van der Waals surface area contributed by atoms with Crippen molar-refractivity contribution >= 4 is 17.6 Å². The second-order valence-corrected chi connectivity index (χ2v) is 5.10. The summed E-state index contributed by atoms with van der Waals surface area (Å²) in [6.45, 7) is 7.11. The first-order valence-corrected chi connectivity index (χ1v) is 7.42. The minimum atomic E-state index is -0.412. The summed E-state index contributed by atoms with van der Waals surface area (Å²) in [5.41, 5.74) is 0.932. The number of nitrogens with one attached hydrogen (secondary N) is 1. The van der Waals surface area contributed by atoms with E-state index in [0.717, 1.165) is 24.3 Å². The molecule has 0 atom stereocenters. The number of aromatic nitrogens is 1. The summed E-state index contributed by atoms with van der Waals surface area (Å²) in [4.78, 5) is 31.6. The van der Waals surface area contributed by atoms with Crippen molar-refractivity contribution in [3.63, 3.8) is 0 Å². The molecule has 1 N–H and O–H groups in total. The Morgan fingerprint density at radius 1 is 1.14 bits per heavy atom. The van der Waals surface area contributed by atoms with Crippen LogP contribution in [0.1, 0.15) is 25.8 Å². The molecule has 1 saturated heterocycles. The zero-order valence-corrected chi connectivity index (χ0v) is 12.6. The quantitative estimate of drug-likeness (QED) is 0.797. The fraction of sp³-hybridized carbons (Fsp3) is 0.533. The highest BCUT2D eigenvalue weighted by Gasteiger charge is 2.31. The Labute approximate surface area is 125 Å². The summed E-state index contributed by atoms with van der Waals surface area (Å²) in [5, 5.41) is 3.12. The highest BCUT2D eigenvalue weighted by molar-refractivity contribution is 6.35. The molecular formula is C15H22N4O2. The van der Waals surface area contributed by atoms with Crippen molar-refractivity contribution in [1.82, 2.24) is 14.8 Å². The topological polar surface area (TPSA) is 65.5 Å². The molecule has 0 bridgehead atoms. The summed E-state index contributed by atoms with van der Waals surface area (Å²) in [5.74, 6) is 0.0159. The van der Waals surface area contributed by atoms with Crippen molar-refractivity contribution < 1.29 is 9.59 Å². The molecule has 0 saturated carbocycles. The number of carbonyl (C=O) groups is 2. The van der Waals surface area contributed by atoms with Crippen LogP contribution in [0.5, 0.6) is 0 Å². The van der Waals surface area contributed by atoms with Gasteiger partial charge in [0.15, 0.2) is 0 Å². The number of piperazine rings is 1. The van der Waals surface area contributed by atoms with Gasteiger partial charge in [-0.25, -0.2) is 4.98 Å². The van der Waals surface area contributed by atoms with Crippen LogP contribution in [0.2, 0.25) is 0 Å². The predicted molar refractivity (Wildman–Crippen MR) is 80.7 cm³/mol. The molecule has 6 nitrogen and oxygen atoms in total. The molecule has 2 amide bonds. The molecule has 0 aliphatic carbocycles. The number of carbonyl (C=O) groups excluding carboxylic acids is 2. The Bertz CT molecular complexity index is 501. The highest BCUT2D eigenvalue weighted by atomic mass is 16.2. The number of rotatable bonds is 6. The monoisotopic (exact) mass is 290 g/mol. The fourth-order valence-corrected chi connectivity index (χ4v) is 2.37. The third-order valence-corrected chi connectivity index (χ3v) is 3.45. The van der Waals surface area contributed by atoms with Crippen molar-refractivity contribution in [3.05, 3.63) is 23.9 Å². The lowest BCUT2D eigenvalue weighted by molar-refractivity contribution is -0.156. The van der Waals surface area contributed by atoms with Gasteiger partial charge in [0.1, 0.15) is 5.82 Å². The van der Waals surface area contributed by atoms with E-state index in [-0.39, 0.29) is 5.91 Å². The van der Waals surface area contributed by atoms with Gasteiger partial charge in [-0.3, -0.25) is 9.59 Å². The van der Waals surface area contributed by atoms with E-state index in [1.807, 2.05) is 26.0 Å². The zero-order chi connectivity index (χ0) is 15.2. The second kappa shape index (κ2) is 7.06. The maximum absolute atomic E-state index is 12.1. The molecule has 0 spiro atoms. The van der Waals surface area contributed by atoms with E-state index in [2.05, 4.69) is 10.3 Å². The van der Waals surface area contributed by atoms with E-state index >= 15 is 0 Å². The van der Waals surface area contributed by atoms with Gasteiger partial charge >= 0.3 is 11.8 Å². The lowest BCUT2D eigenvalue weighted by Gasteiger charge is -2.33. The summed E-state index contributed by atoms with van der Waals surface area (Å²) >= 11 is 0. The van der Waals surface area contributed by atoms with Crippen LogP contribution in [-0.2, 0) is 16.1 Å². The van der Waals surface area contributed by atoms with Gasteiger partial charge in [0.25, 0.3) is 0 Å². The largest absolute Gasteiger partial charge is 0.370 e. The van der Waals surface area contributed by atoms with Gasteiger partial charge in [-0.15, -0.1) is 0 Å². The van der Waals surface area contributed by atoms with Crippen molar-refractivity contribution in [2.45, 2.75) is 26.8 Å². The number of nitrogens with zero attached hydrogens (tertiary/aromatic N) is 3. The number of hydrogen-bond donors (Lipinski definition) is 1. The number of amides is 2. The summed E-state index contributed by atoms with van der Waals surface area (Å²) in [6.07, 6.45) is 2.61. The van der Waals surface area contributed by atoms with Gasteiger partial charge in [-0.1, -0.05) is 13.0 Å². The van der Waals surface area contributed by atoms with Crippen LogP contribution in [0, 0.1) is 0 Å². The summed E-state index contributed by atoms with van der Waals surface area (Å²) in [7, 11) is 0.